The largest absolute Gasteiger partial charge is 0.282 e. The third-order valence-corrected chi connectivity index (χ3v) is 4.50. The van der Waals surface area contributed by atoms with Crippen molar-refractivity contribution in [2.45, 2.75) is 5.75 Å². The molecule has 0 aliphatic heterocycles. The van der Waals surface area contributed by atoms with Gasteiger partial charge in [-0.3, -0.25) is 4.79 Å². The highest BCUT2D eigenvalue weighted by molar-refractivity contribution is 8.13. The van der Waals surface area contributed by atoms with Crippen LogP contribution < -0.4 is 0 Å². The first-order valence-corrected chi connectivity index (χ1v) is 7.99. The molecule has 3 heteroatoms. The lowest BCUT2D eigenvalue weighted by molar-refractivity contribution is 0.108. The third-order valence-electron chi connectivity index (χ3n) is 3.27. The first-order chi connectivity index (χ1) is 10.2. The Labute approximate surface area is 132 Å². The van der Waals surface area contributed by atoms with E-state index >= 15 is 0 Å². The van der Waals surface area contributed by atoms with Gasteiger partial charge >= 0.3 is 0 Å². The molecular formula is C18H13ClOS. The van der Waals surface area contributed by atoms with Crippen LogP contribution in [0.15, 0.2) is 66.7 Å². The van der Waals surface area contributed by atoms with E-state index in [1.165, 1.54) is 11.8 Å². The maximum atomic E-state index is 12.3. The predicted molar refractivity (Wildman–Crippen MR) is 91.0 cm³/mol. The van der Waals surface area contributed by atoms with Gasteiger partial charge in [-0.1, -0.05) is 65.8 Å². The van der Waals surface area contributed by atoms with Gasteiger partial charge in [-0.15, -0.1) is 0 Å². The molecule has 0 fully saturated rings. The lowest BCUT2D eigenvalue weighted by atomic mass is 10.1. The Morgan fingerprint density at radius 3 is 2.38 bits per heavy atom. The Balaban J connectivity index is 1.73. The SMILES string of the molecule is O=C(SCc1ccc(Cl)cc1)c1ccc2ccccc2c1. The molecule has 0 bridgehead atoms. The molecule has 0 aromatic heterocycles. The monoisotopic (exact) mass is 312 g/mol. The summed E-state index contributed by atoms with van der Waals surface area (Å²) < 4.78 is 0. The van der Waals surface area contributed by atoms with E-state index in [2.05, 4.69) is 0 Å². The van der Waals surface area contributed by atoms with Crippen molar-refractivity contribution in [1.29, 1.82) is 0 Å². The first-order valence-electron chi connectivity index (χ1n) is 6.63. The van der Waals surface area contributed by atoms with Crippen LogP contribution in [-0.4, -0.2) is 5.12 Å². The van der Waals surface area contributed by atoms with E-state index in [1.807, 2.05) is 66.7 Å². The van der Waals surface area contributed by atoms with Gasteiger partial charge < -0.3 is 0 Å². The van der Waals surface area contributed by atoms with Crippen LogP contribution in [0.1, 0.15) is 15.9 Å². The molecule has 3 aromatic rings. The van der Waals surface area contributed by atoms with E-state index in [4.69, 9.17) is 11.6 Å². The number of rotatable bonds is 3. The quantitative estimate of drug-likeness (QED) is 0.629. The number of thioether (sulfide) groups is 1. The molecule has 0 saturated heterocycles. The van der Waals surface area contributed by atoms with Crippen LogP contribution in [0.4, 0.5) is 0 Å². The second kappa shape index (κ2) is 6.33. The minimum absolute atomic E-state index is 0.0932. The molecule has 0 aliphatic rings. The van der Waals surface area contributed by atoms with Crippen LogP contribution in [0.25, 0.3) is 10.8 Å². The number of fused-ring (bicyclic) bond motifs is 1. The van der Waals surface area contributed by atoms with Crippen molar-refractivity contribution in [3.8, 4) is 0 Å². The molecule has 3 aromatic carbocycles. The zero-order valence-electron chi connectivity index (χ0n) is 11.3. The van der Waals surface area contributed by atoms with Gasteiger partial charge in [0, 0.05) is 16.3 Å². The molecule has 0 saturated carbocycles. The van der Waals surface area contributed by atoms with Gasteiger partial charge in [0.15, 0.2) is 0 Å². The van der Waals surface area contributed by atoms with Crippen molar-refractivity contribution < 1.29 is 4.79 Å². The maximum absolute atomic E-state index is 12.3. The second-order valence-corrected chi connectivity index (χ2v) is 6.15. The van der Waals surface area contributed by atoms with E-state index < -0.39 is 0 Å². The lowest BCUT2D eigenvalue weighted by Crippen LogP contribution is -1.94. The van der Waals surface area contributed by atoms with Crippen molar-refractivity contribution in [1.82, 2.24) is 0 Å². The third kappa shape index (κ3) is 3.46. The van der Waals surface area contributed by atoms with E-state index in [0.717, 1.165) is 21.9 Å². The summed E-state index contributed by atoms with van der Waals surface area (Å²) in [7, 11) is 0. The zero-order valence-corrected chi connectivity index (χ0v) is 12.8. The van der Waals surface area contributed by atoms with E-state index in [9.17, 15) is 4.79 Å². The number of halogens is 1. The van der Waals surface area contributed by atoms with Gasteiger partial charge in [-0.05, 0) is 40.6 Å². The van der Waals surface area contributed by atoms with Gasteiger partial charge in [0.1, 0.15) is 0 Å². The summed E-state index contributed by atoms with van der Waals surface area (Å²) in [6, 6.07) is 21.5. The average molecular weight is 313 g/mol. The second-order valence-electron chi connectivity index (χ2n) is 4.76. The molecule has 0 radical (unpaired) electrons. The fourth-order valence-corrected chi connectivity index (χ4v) is 3.04. The normalized spacial score (nSPS) is 10.7. The number of benzene rings is 3. The number of hydrogen-bond acceptors (Lipinski definition) is 2. The fourth-order valence-electron chi connectivity index (χ4n) is 2.13. The molecule has 21 heavy (non-hydrogen) atoms. The van der Waals surface area contributed by atoms with Crippen LogP contribution >= 0.6 is 23.4 Å². The van der Waals surface area contributed by atoms with Crippen molar-refractivity contribution in [3.63, 3.8) is 0 Å². The first kappa shape index (κ1) is 14.2. The summed E-state index contributed by atoms with van der Waals surface area (Å²) in [6.07, 6.45) is 0. The summed E-state index contributed by atoms with van der Waals surface area (Å²) >= 11 is 7.17. The lowest BCUT2D eigenvalue weighted by Gasteiger charge is -2.04. The zero-order chi connectivity index (χ0) is 14.7. The summed E-state index contributed by atoms with van der Waals surface area (Å²) in [5.41, 5.74) is 1.84. The van der Waals surface area contributed by atoms with Crippen molar-refractivity contribution in [2.24, 2.45) is 0 Å². The van der Waals surface area contributed by atoms with Crippen molar-refractivity contribution >= 4 is 39.3 Å². The van der Waals surface area contributed by atoms with Gasteiger partial charge in [0.2, 0.25) is 5.12 Å². The van der Waals surface area contributed by atoms with Gasteiger partial charge in [-0.25, -0.2) is 0 Å². The van der Waals surface area contributed by atoms with Crippen LogP contribution in [0.2, 0.25) is 5.02 Å². The molecule has 1 nitrogen and oxygen atoms in total. The summed E-state index contributed by atoms with van der Waals surface area (Å²) in [4.78, 5) is 12.3. The minimum atomic E-state index is 0.0932. The summed E-state index contributed by atoms with van der Waals surface area (Å²) in [5, 5.41) is 3.05. The van der Waals surface area contributed by atoms with E-state index in [0.29, 0.717) is 10.8 Å². The number of carbonyl (C=O) groups is 1. The molecule has 0 unspecified atom stereocenters. The molecule has 0 amide bonds. The smallest absolute Gasteiger partial charge is 0.219 e. The predicted octanol–water partition coefficient (Wildman–Crippen LogP) is 5.57. The van der Waals surface area contributed by atoms with Crippen LogP contribution in [-0.2, 0) is 5.75 Å². The molecule has 0 N–H and O–H groups in total. The van der Waals surface area contributed by atoms with Crippen molar-refractivity contribution in [3.05, 3.63) is 82.9 Å². The molecule has 3 rings (SSSR count). The highest BCUT2D eigenvalue weighted by Gasteiger charge is 2.07. The topological polar surface area (TPSA) is 17.1 Å². The van der Waals surface area contributed by atoms with E-state index in [1.54, 1.807) is 0 Å². The Bertz CT molecular complexity index is 781. The van der Waals surface area contributed by atoms with Crippen LogP contribution in [0.3, 0.4) is 0 Å². The Kier molecular flexibility index (Phi) is 4.28. The summed E-state index contributed by atoms with van der Waals surface area (Å²) in [5.74, 6) is 0.656. The molecule has 0 aliphatic carbocycles. The standard InChI is InChI=1S/C18H13ClOS/c19-17-9-5-13(6-10-17)12-21-18(20)16-8-7-14-3-1-2-4-15(14)11-16/h1-11H,12H2. The molecule has 0 atom stereocenters. The average Bonchev–Trinajstić information content (AvgIpc) is 2.53. The van der Waals surface area contributed by atoms with Crippen LogP contribution in [0.5, 0.6) is 0 Å². The molecule has 104 valence electrons. The van der Waals surface area contributed by atoms with Gasteiger partial charge in [0.25, 0.3) is 0 Å². The Morgan fingerprint density at radius 1 is 0.905 bits per heavy atom. The molecule has 0 spiro atoms. The molecular weight excluding hydrogens is 300 g/mol. The Morgan fingerprint density at radius 2 is 1.62 bits per heavy atom. The van der Waals surface area contributed by atoms with E-state index in [-0.39, 0.29) is 5.12 Å². The highest BCUT2D eigenvalue weighted by Crippen LogP contribution is 2.22. The maximum Gasteiger partial charge on any atom is 0.219 e. The van der Waals surface area contributed by atoms with Crippen LogP contribution in [0, 0.1) is 0 Å². The minimum Gasteiger partial charge on any atom is -0.282 e. The number of hydrogen-bond donors (Lipinski definition) is 0. The summed E-state index contributed by atoms with van der Waals surface area (Å²) in [6.45, 7) is 0. The van der Waals surface area contributed by atoms with Crippen molar-refractivity contribution in [2.75, 3.05) is 0 Å². The van der Waals surface area contributed by atoms with Gasteiger partial charge in [0.05, 0.1) is 0 Å². The van der Waals surface area contributed by atoms with Gasteiger partial charge in [-0.2, -0.15) is 0 Å². The Hall–Kier alpha value is -1.77. The highest BCUT2D eigenvalue weighted by atomic mass is 35.5. The molecule has 0 heterocycles. The number of carbonyl (C=O) groups excluding carboxylic acids is 1. The fraction of sp³-hybridized carbons (Fsp3) is 0.0556.